The molecule has 3 nitrogen and oxygen atoms in total. The third-order valence-electron chi connectivity index (χ3n) is 5.12. The van der Waals surface area contributed by atoms with Gasteiger partial charge in [-0.2, -0.15) is 0 Å². The van der Waals surface area contributed by atoms with Gasteiger partial charge in [-0.05, 0) is 30.9 Å². The smallest absolute Gasteiger partial charge is 0.111 e. The van der Waals surface area contributed by atoms with Crippen LogP contribution in [0.25, 0.3) is 11.0 Å². The van der Waals surface area contributed by atoms with Crippen molar-refractivity contribution in [2.24, 2.45) is 18.7 Å². The van der Waals surface area contributed by atoms with Crippen molar-refractivity contribution in [3.05, 3.63) is 30.1 Å². The van der Waals surface area contributed by atoms with Crippen LogP contribution in [-0.4, -0.2) is 15.1 Å². The summed E-state index contributed by atoms with van der Waals surface area (Å²) in [7, 11) is 2.11. The van der Waals surface area contributed by atoms with Gasteiger partial charge >= 0.3 is 0 Å². The van der Waals surface area contributed by atoms with E-state index in [1.165, 1.54) is 31.2 Å². The summed E-state index contributed by atoms with van der Waals surface area (Å²) in [6, 6.07) is 8.33. The molecule has 1 heterocycles. The second kappa shape index (κ2) is 5.21. The van der Waals surface area contributed by atoms with Crippen molar-refractivity contribution in [1.82, 2.24) is 9.55 Å². The predicted molar refractivity (Wildman–Crippen MR) is 83.6 cm³/mol. The molecule has 0 spiro atoms. The van der Waals surface area contributed by atoms with Crippen LogP contribution in [0.4, 0.5) is 0 Å². The van der Waals surface area contributed by atoms with Gasteiger partial charge in [0.15, 0.2) is 0 Å². The molecule has 1 saturated carbocycles. The van der Waals surface area contributed by atoms with E-state index in [0.717, 1.165) is 24.2 Å². The summed E-state index contributed by atoms with van der Waals surface area (Å²) in [5.74, 6) is 1.77. The maximum atomic E-state index is 6.78. The van der Waals surface area contributed by atoms with Crippen molar-refractivity contribution in [2.45, 2.75) is 51.0 Å². The summed E-state index contributed by atoms with van der Waals surface area (Å²) in [6.07, 6.45) is 7.08. The first kappa shape index (κ1) is 13.6. The Bertz CT molecular complexity index is 601. The highest BCUT2D eigenvalue weighted by molar-refractivity contribution is 5.75. The van der Waals surface area contributed by atoms with E-state index in [1.54, 1.807) is 0 Å². The Morgan fingerprint density at radius 1 is 1.35 bits per heavy atom. The molecule has 1 aliphatic carbocycles. The Morgan fingerprint density at radius 2 is 2.15 bits per heavy atom. The molecule has 2 atom stereocenters. The molecule has 1 aromatic carbocycles. The molecule has 108 valence electrons. The number of hydrogen-bond donors (Lipinski definition) is 1. The lowest BCUT2D eigenvalue weighted by Crippen LogP contribution is -2.51. The van der Waals surface area contributed by atoms with E-state index in [4.69, 9.17) is 10.7 Å². The summed E-state index contributed by atoms with van der Waals surface area (Å²) >= 11 is 0. The number of aryl methyl sites for hydroxylation is 1. The molecular weight excluding hydrogens is 246 g/mol. The average molecular weight is 271 g/mol. The van der Waals surface area contributed by atoms with Crippen molar-refractivity contribution in [1.29, 1.82) is 0 Å². The lowest BCUT2D eigenvalue weighted by Gasteiger charge is -2.41. The fourth-order valence-electron chi connectivity index (χ4n) is 3.83. The molecule has 2 aromatic rings. The van der Waals surface area contributed by atoms with E-state index < -0.39 is 0 Å². The Labute approximate surface area is 121 Å². The molecule has 3 heteroatoms. The summed E-state index contributed by atoms with van der Waals surface area (Å²) < 4.78 is 2.21. The number of rotatable bonds is 3. The van der Waals surface area contributed by atoms with Gasteiger partial charge < -0.3 is 10.3 Å². The van der Waals surface area contributed by atoms with Crippen LogP contribution in [0.15, 0.2) is 24.3 Å². The second-order valence-corrected chi connectivity index (χ2v) is 6.34. The second-order valence-electron chi connectivity index (χ2n) is 6.34. The lowest BCUT2D eigenvalue weighted by atomic mass is 9.70. The molecule has 2 N–H and O–H groups in total. The highest BCUT2D eigenvalue weighted by atomic mass is 15.1. The molecule has 1 aliphatic rings. The fourth-order valence-corrected chi connectivity index (χ4v) is 3.83. The number of para-hydroxylation sites is 2. The first-order chi connectivity index (χ1) is 9.64. The van der Waals surface area contributed by atoms with Crippen molar-refractivity contribution in [3.63, 3.8) is 0 Å². The maximum absolute atomic E-state index is 6.78. The van der Waals surface area contributed by atoms with Gasteiger partial charge in [0, 0.05) is 19.0 Å². The summed E-state index contributed by atoms with van der Waals surface area (Å²) in [4.78, 5) is 4.80. The highest BCUT2D eigenvalue weighted by Crippen LogP contribution is 2.36. The van der Waals surface area contributed by atoms with Crippen LogP contribution in [-0.2, 0) is 13.5 Å². The predicted octanol–water partition coefficient (Wildman–Crippen LogP) is 3.41. The molecule has 3 rings (SSSR count). The van der Waals surface area contributed by atoms with Crippen molar-refractivity contribution in [3.8, 4) is 0 Å². The van der Waals surface area contributed by atoms with Gasteiger partial charge in [0.2, 0.25) is 0 Å². The van der Waals surface area contributed by atoms with Crippen LogP contribution in [0.1, 0.15) is 44.9 Å². The largest absolute Gasteiger partial charge is 0.331 e. The zero-order valence-electron chi connectivity index (χ0n) is 12.6. The molecular formula is C17H25N3. The quantitative estimate of drug-likeness (QED) is 0.929. The zero-order chi connectivity index (χ0) is 14.2. The molecule has 0 aliphatic heterocycles. The zero-order valence-corrected chi connectivity index (χ0v) is 12.6. The van der Waals surface area contributed by atoms with Gasteiger partial charge in [-0.15, -0.1) is 0 Å². The number of benzene rings is 1. The molecule has 0 amide bonds. The van der Waals surface area contributed by atoms with Crippen LogP contribution in [0.2, 0.25) is 0 Å². The summed E-state index contributed by atoms with van der Waals surface area (Å²) in [5, 5.41) is 0. The Balaban J connectivity index is 1.93. The van der Waals surface area contributed by atoms with Crippen molar-refractivity contribution >= 4 is 11.0 Å². The molecule has 0 radical (unpaired) electrons. The number of hydrogen-bond acceptors (Lipinski definition) is 2. The van der Waals surface area contributed by atoms with Gasteiger partial charge in [-0.3, -0.25) is 0 Å². The third-order valence-corrected chi connectivity index (χ3v) is 5.12. The third kappa shape index (κ3) is 2.24. The van der Waals surface area contributed by atoms with Gasteiger partial charge in [-0.25, -0.2) is 4.98 Å². The van der Waals surface area contributed by atoms with E-state index in [2.05, 4.69) is 36.7 Å². The minimum Gasteiger partial charge on any atom is -0.331 e. The summed E-state index contributed by atoms with van der Waals surface area (Å²) in [6.45, 7) is 2.27. The van der Waals surface area contributed by atoms with Crippen LogP contribution in [0, 0.1) is 5.92 Å². The van der Waals surface area contributed by atoms with Gasteiger partial charge in [0.1, 0.15) is 5.82 Å². The van der Waals surface area contributed by atoms with Gasteiger partial charge in [0.25, 0.3) is 0 Å². The van der Waals surface area contributed by atoms with E-state index in [-0.39, 0.29) is 5.54 Å². The van der Waals surface area contributed by atoms with Gasteiger partial charge in [0.05, 0.1) is 11.0 Å². The molecule has 0 saturated heterocycles. The Kier molecular flexibility index (Phi) is 3.55. The fraction of sp³-hybridized carbons (Fsp3) is 0.588. The molecule has 2 unspecified atom stereocenters. The summed E-state index contributed by atoms with van der Waals surface area (Å²) in [5.41, 5.74) is 9.00. The van der Waals surface area contributed by atoms with E-state index >= 15 is 0 Å². The number of aromatic nitrogens is 2. The Morgan fingerprint density at radius 3 is 2.90 bits per heavy atom. The monoisotopic (exact) mass is 271 g/mol. The highest BCUT2D eigenvalue weighted by Gasteiger charge is 2.37. The van der Waals surface area contributed by atoms with Crippen LogP contribution in [0.3, 0.4) is 0 Å². The van der Waals surface area contributed by atoms with Crippen LogP contribution >= 0.6 is 0 Å². The minimum atomic E-state index is -0.0673. The standard InChI is InChI=1S/C17H25N3/c1-3-13-8-6-7-11-17(13,18)12-16-19-14-9-4-5-10-15(14)20(16)2/h4-5,9-10,13H,3,6-8,11-12,18H2,1-2H3. The number of nitrogens with zero attached hydrogens (tertiary/aromatic N) is 2. The van der Waals surface area contributed by atoms with Gasteiger partial charge in [-0.1, -0.05) is 38.3 Å². The first-order valence-corrected chi connectivity index (χ1v) is 7.83. The topological polar surface area (TPSA) is 43.8 Å². The SMILES string of the molecule is CCC1CCCCC1(N)Cc1nc2ccccc2n1C. The first-order valence-electron chi connectivity index (χ1n) is 7.83. The minimum absolute atomic E-state index is 0.0673. The van der Waals surface area contributed by atoms with E-state index in [1.807, 2.05) is 6.07 Å². The van der Waals surface area contributed by atoms with Crippen molar-refractivity contribution < 1.29 is 0 Å². The molecule has 20 heavy (non-hydrogen) atoms. The number of imidazole rings is 1. The lowest BCUT2D eigenvalue weighted by molar-refractivity contribution is 0.179. The molecule has 0 bridgehead atoms. The van der Waals surface area contributed by atoms with Crippen LogP contribution < -0.4 is 5.73 Å². The van der Waals surface area contributed by atoms with E-state index in [0.29, 0.717) is 5.92 Å². The van der Waals surface area contributed by atoms with Crippen molar-refractivity contribution in [2.75, 3.05) is 0 Å². The maximum Gasteiger partial charge on any atom is 0.111 e. The number of nitrogens with two attached hydrogens (primary N) is 1. The van der Waals surface area contributed by atoms with E-state index in [9.17, 15) is 0 Å². The van der Waals surface area contributed by atoms with Crippen LogP contribution in [0.5, 0.6) is 0 Å². The number of fused-ring (bicyclic) bond motifs is 1. The average Bonchev–Trinajstić information content (AvgIpc) is 2.76. The molecule has 1 fully saturated rings. The normalized spacial score (nSPS) is 27.1. The molecule has 1 aromatic heterocycles. The Hall–Kier alpha value is -1.35.